The maximum atomic E-state index is 12.1. The molecule has 0 spiro atoms. The molecule has 22 heavy (non-hydrogen) atoms. The van der Waals surface area contributed by atoms with E-state index in [1.165, 1.54) is 24.0 Å². The number of carbonyl (C=O) groups is 1. The lowest BCUT2D eigenvalue weighted by atomic mass is 10.2. The lowest BCUT2D eigenvalue weighted by Gasteiger charge is -2.04. The van der Waals surface area contributed by atoms with Gasteiger partial charge in [0.25, 0.3) is 11.9 Å². The Morgan fingerprint density at radius 3 is 2.91 bits per heavy atom. The summed E-state index contributed by atoms with van der Waals surface area (Å²) in [6, 6.07) is 3.90. The normalized spacial score (nSPS) is 10.3. The van der Waals surface area contributed by atoms with E-state index in [9.17, 15) is 14.9 Å². The van der Waals surface area contributed by atoms with Gasteiger partial charge in [0, 0.05) is 11.6 Å². The molecular formula is C12H14N6O4. The third-order valence-electron chi connectivity index (χ3n) is 2.74. The second-order valence-electron chi connectivity index (χ2n) is 4.31. The lowest BCUT2D eigenvalue weighted by molar-refractivity contribution is -0.385. The number of tetrazole rings is 1. The average Bonchev–Trinajstić information content (AvgIpc) is 2.94. The molecule has 0 unspecified atom stereocenters. The maximum absolute atomic E-state index is 12.1. The highest BCUT2D eigenvalue weighted by molar-refractivity contribution is 6.03. The minimum absolute atomic E-state index is 0.0388. The van der Waals surface area contributed by atoms with Crippen molar-refractivity contribution in [3.8, 4) is 5.75 Å². The van der Waals surface area contributed by atoms with Crippen LogP contribution in [0.4, 0.5) is 11.6 Å². The van der Waals surface area contributed by atoms with Gasteiger partial charge in [-0.05, 0) is 23.8 Å². The van der Waals surface area contributed by atoms with Gasteiger partial charge >= 0.3 is 5.69 Å². The summed E-state index contributed by atoms with van der Waals surface area (Å²) in [4.78, 5) is 23.7. The highest BCUT2D eigenvalue weighted by atomic mass is 16.6. The maximum Gasteiger partial charge on any atom is 0.311 e. The fourth-order valence-electron chi connectivity index (χ4n) is 1.74. The number of nitro benzene ring substituents is 1. The number of carbonyl (C=O) groups excluding carboxylic acids is 1. The molecule has 1 heterocycles. The molecule has 2 rings (SSSR count). The van der Waals surface area contributed by atoms with Gasteiger partial charge in [0.15, 0.2) is 5.75 Å². The molecule has 1 N–H and O–H groups in total. The molecule has 10 nitrogen and oxygen atoms in total. The third kappa shape index (κ3) is 3.34. The molecule has 10 heteroatoms. The van der Waals surface area contributed by atoms with Crippen LogP contribution in [0.2, 0.25) is 0 Å². The van der Waals surface area contributed by atoms with Crippen LogP contribution < -0.4 is 10.1 Å². The Kier molecular flexibility index (Phi) is 4.61. The average molecular weight is 306 g/mol. The van der Waals surface area contributed by atoms with Crippen LogP contribution in [0, 0.1) is 10.1 Å². The van der Waals surface area contributed by atoms with E-state index in [-0.39, 0.29) is 22.9 Å². The van der Waals surface area contributed by atoms with E-state index in [0.29, 0.717) is 6.54 Å². The standard InChI is InChI=1S/C12H14N6O4/c1-3-6-17-15-12(14-16-17)13-11(19)8-4-5-10(22-2)9(7-8)18(20)21/h4-5,7H,3,6H2,1-2H3,(H,13,15,19). The lowest BCUT2D eigenvalue weighted by Crippen LogP contribution is -2.14. The topological polar surface area (TPSA) is 125 Å². The van der Waals surface area contributed by atoms with Crippen molar-refractivity contribution in [2.45, 2.75) is 19.9 Å². The van der Waals surface area contributed by atoms with E-state index >= 15 is 0 Å². The molecule has 0 saturated carbocycles. The Bertz CT molecular complexity index is 699. The largest absolute Gasteiger partial charge is 0.490 e. The first-order valence-electron chi connectivity index (χ1n) is 6.46. The zero-order valence-corrected chi connectivity index (χ0v) is 12.0. The Labute approximate surface area is 125 Å². The molecule has 0 bridgehead atoms. The van der Waals surface area contributed by atoms with Crippen LogP contribution in [0.25, 0.3) is 0 Å². The van der Waals surface area contributed by atoms with Crippen molar-refractivity contribution in [1.29, 1.82) is 0 Å². The minimum atomic E-state index is -0.620. The van der Waals surface area contributed by atoms with Gasteiger partial charge in [-0.15, -0.1) is 5.10 Å². The number of methoxy groups -OCH3 is 1. The molecule has 0 radical (unpaired) electrons. The Morgan fingerprint density at radius 1 is 1.50 bits per heavy atom. The molecule has 1 aromatic heterocycles. The highest BCUT2D eigenvalue weighted by Gasteiger charge is 2.19. The Balaban J connectivity index is 2.18. The Morgan fingerprint density at radius 2 is 2.27 bits per heavy atom. The van der Waals surface area contributed by atoms with Gasteiger partial charge in [-0.3, -0.25) is 20.2 Å². The molecule has 1 amide bonds. The summed E-state index contributed by atoms with van der Waals surface area (Å²) < 4.78 is 4.88. The monoisotopic (exact) mass is 306 g/mol. The highest BCUT2D eigenvalue weighted by Crippen LogP contribution is 2.27. The van der Waals surface area contributed by atoms with Gasteiger partial charge in [-0.2, -0.15) is 4.80 Å². The summed E-state index contributed by atoms with van der Waals surface area (Å²) in [5.74, 6) is -0.452. The number of hydrogen-bond donors (Lipinski definition) is 1. The number of nitro groups is 1. The van der Waals surface area contributed by atoms with Crippen LogP contribution in [0.3, 0.4) is 0 Å². The molecule has 0 fully saturated rings. The number of benzene rings is 1. The number of nitrogens with one attached hydrogen (secondary N) is 1. The van der Waals surface area contributed by atoms with Crippen LogP contribution in [-0.2, 0) is 6.54 Å². The van der Waals surface area contributed by atoms with Crippen molar-refractivity contribution in [3.05, 3.63) is 33.9 Å². The molecule has 0 atom stereocenters. The summed E-state index contributed by atoms with van der Waals surface area (Å²) in [6.07, 6.45) is 0.828. The quantitative estimate of drug-likeness (QED) is 0.628. The van der Waals surface area contributed by atoms with E-state index in [2.05, 4.69) is 20.7 Å². The summed E-state index contributed by atoms with van der Waals surface area (Å²) in [6.45, 7) is 2.54. The SMILES string of the molecule is CCCn1nnc(NC(=O)c2ccc(OC)c([N+](=O)[O-])c2)n1. The van der Waals surface area contributed by atoms with E-state index in [4.69, 9.17) is 4.74 Å². The number of aromatic nitrogens is 4. The van der Waals surface area contributed by atoms with Crippen molar-refractivity contribution in [3.63, 3.8) is 0 Å². The van der Waals surface area contributed by atoms with Gasteiger partial charge in [-0.25, -0.2) is 0 Å². The summed E-state index contributed by atoms with van der Waals surface area (Å²) >= 11 is 0. The first-order valence-corrected chi connectivity index (χ1v) is 6.46. The number of anilines is 1. The predicted molar refractivity (Wildman–Crippen MR) is 75.7 cm³/mol. The zero-order valence-electron chi connectivity index (χ0n) is 12.0. The molecule has 116 valence electrons. The molecule has 1 aromatic carbocycles. The number of aryl methyl sites for hydroxylation is 1. The first kappa shape index (κ1) is 15.4. The molecule has 0 aliphatic rings. The number of rotatable bonds is 6. The number of nitrogens with zero attached hydrogens (tertiary/aromatic N) is 5. The fourth-order valence-corrected chi connectivity index (χ4v) is 1.74. The molecular weight excluding hydrogens is 292 g/mol. The van der Waals surface area contributed by atoms with Crippen LogP contribution in [0.15, 0.2) is 18.2 Å². The van der Waals surface area contributed by atoms with Gasteiger partial charge < -0.3 is 4.74 Å². The number of ether oxygens (including phenoxy) is 1. The van der Waals surface area contributed by atoms with Crippen LogP contribution in [0.1, 0.15) is 23.7 Å². The molecule has 0 saturated heterocycles. The zero-order chi connectivity index (χ0) is 16.1. The van der Waals surface area contributed by atoms with Gasteiger partial charge in [0.1, 0.15) is 0 Å². The van der Waals surface area contributed by atoms with Gasteiger partial charge in [-0.1, -0.05) is 12.0 Å². The van der Waals surface area contributed by atoms with Crippen LogP contribution >= 0.6 is 0 Å². The summed E-state index contributed by atoms with van der Waals surface area (Å²) in [5.41, 5.74) is -0.197. The predicted octanol–water partition coefficient (Wildman–Crippen LogP) is 1.25. The fraction of sp³-hybridized carbons (Fsp3) is 0.333. The Hall–Kier alpha value is -3.04. The van der Waals surface area contributed by atoms with Crippen molar-refractivity contribution in [2.75, 3.05) is 12.4 Å². The van der Waals surface area contributed by atoms with Crippen LogP contribution in [0.5, 0.6) is 5.75 Å². The summed E-state index contributed by atoms with van der Waals surface area (Å²) in [5, 5.41) is 24.8. The summed E-state index contributed by atoms with van der Waals surface area (Å²) in [7, 11) is 1.32. The second-order valence-corrected chi connectivity index (χ2v) is 4.31. The molecule has 2 aromatic rings. The number of hydrogen-bond acceptors (Lipinski definition) is 7. The van der Waals surface area contributed by atoms with Gasteiger partial charge in [0.2, 0.25) is 0 Å². The van der Waals surface area contributed by atoms with Crippen molar-refractivity contribution in [1.82, 2.24) is 20.2 Å². The van der Waals surface area contributed by atoms with Crippen LogP contribution in [-0.4, -0.2) is 38.1 Å². The van der Waals surface area contributed by atoms with E-state index in [1.54, 1.807) is 0 Å². The van der Waals surface area contributed by atoms with Crippen molar-refractivity contribution >= 4 is 17.5 Å². The second kappa shape index (κ2) is 6.61. The third-order valence-corrected chi connectivity index (χ3v) is 2.74. The van der Waals surface area contributed by atoms with E-state index in [1.807, 2.05) is 6.92 Å². The van der Waals surface area contributed by atoms with E-state index in [0.717, 1.165) is 12.5 Å². The van der Waals surface area contributed by atoms with E-state index < -0.39 is 10.8 Å². The minimum Gasteiger partial charge on any atom is -0.490 e. The smallest absolute Gasteiger partial charge is 0.311 e. The molecule has 0 aliphatic heterocycles. The van der Waals surface area contributed by atoms with Crippen molar-refractivity contribution in [2.24, 2.45) is 0 Å². The van der Waals surface area contributed by atoms with Crippen molar-refractivity contribution < 1.29 is 14.5 Å². The van der Waals surface area contributed by atoms with Gasteiger partial charge in [0.05, 0.1) is 18.6 Å². The number of amides is 1. The molecule has 0 aliphatic carbocycles. The first-order chi connectivity index (χ1) is 10.5.